The molecule has 0 nitrogen and oxygen atoms in total. The first-order valence-corrected chi connectivity index (χ1v) is 21.2. The summed E-state index contributed by atoms with van der Waals surface area (Å²) in [6.07, 6.45) is 4.95. The molecule has 0 bridgehead atoms. The van der Waals surface area contributed by atoms with Gasteiger partial charge in [-0.05, 0) is 0 Å². The van der Waals surface area contributed by atoms with Crippen molar-refractivity contribution in [1.29, 1.82) is 0 Å². The molecular weight excluding hydrogens is 740 g/mol. The second kappa shape index (κ2) is 14.2. The summed E-state index contributed by atoms with van der Waals surface area (Å²) in [6.45, 7) is 8.75. The second-order valence-electron chi connectivity index (χ2n) is 13.8. The number of aryl methyl sites for hydroxylation is 4. The zero-order chi connectivity index (χ0) is 35.1. The average molecular weight is 781 g/mol. The second-order valence-corrected chi connectivity index (χ2v) is 20.6. The van der Waals surface area contributed by atoms with Gasteiger partial charge in [-0.2, -0.15) is 0 Å². The van der Waals surface area contributed by atoms with Crippen LogP contribution in [0.15, 0.2) is 164 Å². The summed E-state index contributed by atoms with van der Waals surface area (Å²) in [5.41, 5.74) is 9.29. The van der Waals surface area contributed by atoms with Gasteiger partial charge in [-0.3, -0.25) is 0 Å². The van der Waals surface area contributed by atoms with Gasteiger partial charge in [0.05, 0.1) is 0 Å². The van der Waals surface area contributed by atoms with E-state index < -0.39 is 15.8 Å². The van der Waals surface area contributed by atoms with Crippen LogP contribution in [0.5, 0.6) is 0 Å². The monoisotopic (exact) mass is 781 g/mol. The van der Waals surface area contributed by atoms with Crippen molar-refractivity contribution in [1.82, 2.24) is 0 Å². The Labute approximate surface area is 315 Å². The number of hydrogen-bond acceptors (Lipinski definition) is 0. The summed E-state index contributed by atoms with van der Waals surface area (Å²) in [5, 5.41) is 9.62. The van der Waals surface area contributed by atoms with Gasteiger partial charge in [-0.25, -0.2) is 0 Å². The topological polar surface area (TPSA) is 0 Å². The van der Waals surface area contributed by atoms with Crippen molar-refractivity contribution in [2.24, 2.45) is 0 Å². The number of allylic oxidation sites excluding steroid dienone is 1. The van der Waals surface area contributed by atoms with E-state index in [9.17, 15) is 0 Å². The fourth-order valence-electron chi connectivity index (χ4n) is 7.52. The summed E-state index contributed by atoms with van der Waals surface area (Å²) < 4.78 is -0.311. The Morgan fingerprint density at radius 1 is 0.490 bits per heavy atom. The number of rotatable bonds is 7. The molecule has 1 aliphatic rings. The van der Waals surface area contributed by atoms with E-state index >= 15 is 0 Å². The van der Waals surface area contributed by atoms with E-state index in [4.69, 9.17) is 0 Å². The molecule has 0 aliphatic heterocycles. The van der Waals surface area contributed by atoms with Crippen LogP contribution in [0, 0.1) is 27.7 Å². The SMILES string of the molecule is Cc1ccc(P(c2ccc(C)cc2)c2ccc3ccccc3c2C2c3ccccc3C=C[C]2([Ru])P(c2ccc(C)cc2)c2ccc(C)cc2)cc1. The van der Waals surface area contributed by atoms with Crippen LogP contribution in [0.2, 0.25) is 0 Å². The van der Waals surface area contributed by atoms with Gasteiger partial charge >= 0.3 is 318 Å². The molecule has 0 heterocycles. The number of hydrogen-bond donors (Lipinski definition) is 0. The number of benzene rings is 7. The van der Waals surface area contributed by atoms with E-state index in [1.807, 2.05) is 0 Å². The molecule has 0 saturated carbocycles. The molecule has 7 aromatic carbocycles. The van der Waals surface area contributed by atoms with Crippen LogP contribution in [0.1, 0.15) is 44.9 Å². The van der Waals surface area contributed by atoms with Gasteiger partial charge < -0.3 is 0 Å². The molecule has 8 rings (SSSR count). The molecule has 2 unspecified atom stereocenters. The van der Waals surface area contributed by atoms with E-state index in [-0.39, 0.29) is 9.67 Å². The predicted molar refractivity (Wildman–Crippen MR) is 221 cm³/mol. The minimum atomic E-state index is -0.881. The van der Waals surface area contributed by atoms with Gasteiger partial charge in [0, 0.05) is 0 Å². The van der Waals surface area contributed by atoms with Gasteiger partial charge in [0.25, 0.3) is 0 Å². The van der Waals surface area contributed by atoms with Crippen molar-refractivity contribution in [3.63, 3.8) is 0 Å². The van der Waals surface area contributed by atoms with Crippen LogP contribution in [0.4, 0.5) is 0 Å². The fraction of sp³-hybridized carbons (Fsp3) is 0.125. The summed E-state index contributed by atoms with van der Waals surface area (Å²) in [4.78, 5) is 0. The van der Waals surface area contributed by atoms with Gasteiger partial charge in [-0.15, -0.1) is 0 Å². The third kappa shape index (κ3) is 6.51. The Balaban J connectivity index is 1.47. The van der Waals surface area contributed by atoms with Crippen molar-refractivity contribution in [2.75, 3.05) is 0 Å². The molecule has 0 radical (unpaired) electrons. The normalized spacial score (nSPS) is 16.9. The molecule has 2 atom stereocenters. The Kier molecular flexibility index (Phi) is 9.51. The summed E-state index contributed by atoms with van der Waals surface area (Å²) in [5.74, 6) is 0.0748. The predicted octanol–water partition coefficient (Wildman–Crippen LogP) is 10.4. The van der Waals surface area contributed by atoms with E-state index in [1.165, 1.54) is 76.2 Å². The molecule has 0 aromatic heterocycles. The average Bonchev–Trinajstić information content (AvgIpc) is 3.15. The van der Waals surface area contributed by atoms with E-state index in [2.05, 4.69) is 216 Å². The quantitative estimate of drug-likeness (QED) is 0.112. The Hall–Kier alpha value is -3.98. The van der Waals surface area contributed by atoms with Gasteiger partial charge in [0.2, 0.25) is 0 Å². The van der Waals surface area contributed by atoms with Gasteiger partial charge in [0.1, 0.15) is 0 Å². The maximum absolute atomic E-state index is 3.36. The Morgan fingerprint density at radius 2 is 0.961 bits per heavy atom. The molecule has 0 fully saturated rings. The van der Waals surface area contributed by atoms with E-state index in [1.54, 1.807) is 0 Å². The molecule has 0 saturated heterocycles. The first-order chi connectivity index (χ1) is 24.8. The Morgan fingerprint density at radius 3 is 1.51 bits per heavy atom. The summed E-state index contributed by atoms with van der Waals surface area (Å²) in [7, 11) is -1.76. The molecule has 1 aliphatic carbocycles. The van der Waals surface area contributed by atoms with Crippen molar-refractivity contribution >= 4 is 59.2 Å². The number of fused-ring (bicyclic) bond motifs is 2. The van der Waals surface area contributed by atoms with Crippen LogP contribution in [-0.2, 0) is 18.3 Å². The van der Waals surface area contributed by atoms with Crippen molar-refractivity contribution in [3.8, 4) is 0 Å². The molecule has 0 spiro atoms. The standard InChI is InChI=1S/C48H41P2.Ru/c1-33-13-23-39(24-14-33)49(40-25-15-34(2)16-26-40)45-31-21-37-9-5-7-11-43(37)47(45)48-44-12-8-6-10-38(44)22-32-46(48)50(41-27-17-35(3)18-28-41)42-29-19-36(4)20-30-42;/h5-32,47H,1-4H3;. The maximum atomic E-state index is 3.36. The van der Waals surface area contributed by atoms with Crippen molar-refractivity contribution < 1.29 is 18.3 Å². The molecule has 7 aromatic rings. The van der Waals surface area contributed by atoms with Crippen LogP contribution >= 0.6 is 15.8 Å². The molecule has 0 N–H and O–H groups in total. The minimum absolute atomic E-state index is 0.0748. The summed E-state index contributed by atoms with van der Waals surface area (Å²) >= 11 is 3.36. The fourth-order valence-corrected chi connectivity index (χ4v) is 14.7. The van der Waals surface area contributed by atoms with E-state index in [0.717, 1.165) is 0 Å². The van der Waals surface area contributed by atoms with Crippen molar-refractivity contribution in [3.05, 3.63) is 203 Å². The first kappa shape index (κ1) is 34.1. The molecule has 3 heteroatoms. The van der Waals surface area contributed by atoms with Gasteiger partial charge in [0.15, 0.2) is 0 Å². The van der Waals surface area contributed by atoms with Crippen LogP contribution in [0.25, 0.3) is 16.8 Å². The molecule has 51 heavy (non-hydrogen) atoms. The zero-order valence-corrected chi connectivity index (χ0v) is 33.0. The van der Waals surface area contributed by atoms with E-state index in [0.29, 0.717) is 0 Å². The van der Waals surface area contributed by atoms with Crippen LogP contribution in [0.3, 0.4) is 0 Å². The molecule has 0 amide bonds. The molecule has 251 valence electrons. The summed E-state index contributed by atoms with van der Waals surface area (Å²) in [6, 6.07) is 60.4. The molecular formula is C48H41P2Ru. The van der Waals surface area contributed by atoms with Crippen molar-refractivity contribution in [2.45, 2.75) is 37.4 Å². The zero-order valence-electron chi connectivity index (χ0n) is 29.5. The van der Waals surface area contributed by atoms with Crippen LogP contribution < -0.4 is 26.5 Å². The first-order valence-electron chi connectivity index (χ1n) is 17.6. The van der Waals surface area contributed by atoms with Gasteiger partial charge in [-0.1, -0.05) is 0 Å². The van der Waals surface area contributed by atoms with Crippen LogP contribution in [-0.4, -0.2) is 3.75 Å². The third-order valence-electron chi connectivity index (χ3n) is 10.2. The Bertz CT molecular complexity index is 2270. The third-order valence-corrected chi connectivity index (χ3v) is 17.3.